The monoisotopic (exact) mass is 305 g/mol. The topological polar surface area (TPSA) is 71.1 Å². The molecule has 0 radical (unpaired) electrons. The zero-order chi connectivity index (χ0) is 15.1. The highest BCUT2D eigenvalue weighted by Gasteiger charge is 2.13. The summed E-state index contributed by atoms with van der Waals surface area (Å²) in [5, 5.41) is 3.30. The summed E-state index contributed by atoms with van der Waals surface area (Å²) in [5.41, 5.74) is 1.66. The van der Waals surface area contributed by atoms with Gasteiger partial charge in [-0.1, -0.05) is 19.1 Å². The maximum atomic E-state index is 12.1. The normalized spacial score (nSPS) is 11.3. The molecule has 0 unspecified atom stereocenters. The van der Waals surface area contributed by atoms with E-state index in [1.165, 1.54) is 18.5 Å². The highest BCUT2D eigenvalue weighted by atomic mass is 32.2. The predicted molar refractivity (Wildman–Crippen MR) is 83.5 cm³/mol. The molecule has 2 rings (SSSR count). The first kappa shape index (κ1) is 15.5. The summed E-state index contributed by atoms with van der Waals surface area (Å²) in [6.07, 6.45) is 3.95. The molecular formula is C15H19N3O2S. The standard InChI is InChI=1S/C15H19N3O2S/c1-2-9-16-11-13-5-7-14(8-6-13)18-21(19,20)15-4-3-10-17-12-15/h3-8,10,12,16,18H,2,9,11H2,1H3. The van der Waals surface area contributed by atoms with Crippen molar-refractivity contribution in [2.24, 2.45) is 0 Å². The summed E-state index contributed by atoms with van der Waals surface area (Å²) in [5.74, 6) is 0. The number of rotatable bonds is 7. The van der Waals surface area contributed by atoms with Gasteiger partial charge in [-0.25, -0.2) is 8.42 Å². The summed E-state index contributed by atoms with van der Waals surface area (Å²) in [6, 6.07) is 10.4. The number of benzene rings is 1. The van der Waals surface area contributed by atoms with Gasteiger partial charge in [0.05, 0.1) is 0 Å². The molecule has 1 aromatic heterocycles. The fraction of sp³-hybridized carbons (Fsp3) is 0.267. The molecule has 0 saturated heterocycles. The number of anilines is 1. The van der Waals surface area contributed by atoms with E-state index < -0.39 is 10.0 Å². The van der Waals surface area contributed by atoms with Crippen molar-refractivity contribution in [3.05, 3.63) is 54.4 Å². The second-order valence-corrected chi connectivity index (χ2v) is 6.35. The number of aromatic nitrogens is 1. The van der Waals surface area contributed by atoms with Crippen molar-refractivity contribution < 1.29 is 8.42 Å². The Morgan fingerprint density at radius 1 is 1.14 bits per heavy atom. The van der Waals surface area contributed by atoms with Gasteiger partial charge >= 0.3 is 0 Å². The van der Waals surface area contributed by atoms with Gasteiger partial charge in [0.1, 0.15) is 4.90 Å². The average Bonchev–Trinajstić information content (AvgIpc) is 2.50. The van der Waals surface area contributed by atoms with Crippen molar-refractivity contribution in [1.82, 2.24) is 10.3 Å². The van der Waals surface area contributed by atoms with Crippen LogP contribution in [0.5, 0.6) is 0 Å². The van der Waals surface area contributed by atoms with Crippen LogP contribution in [0.1, 0.15) is 18.9 Å². The van der Waals surface area contributed by atoms with E-state index >= 15 is 0 Å². The molecule has 0 aliphatic heterocycles. The molecule has 2 aromatic rings. The Morgan fingerprint density at radius 3 is 2.52 bits per heavy atom. The van der Waals surface area contributed by atoms with Crippen LogP contribution in [0.2, 0.25) is 0 Å². The SMILES string of the molecule is CCCNCc1ccc(NS(=O)(=O)c2cccnc2)cc1. The van der Waals surface area contributed by atoms with Gasteiger partial charge in [0.2, 0.25) is 0 Å². The van der Waals surface area contributed by atoms with E-state index in [0.29, 0.717) is 5.69 Å². The first-order valence-electron chi connectivity index (χ1n) is 6.84. The Kier molecular flexibility index (Phi) is 5.30. The molecule has 2 N–H and O–H groups in total. The first-order valence-corrected chi connectivity index (χ1v) is 8.32. The molecule has 0 spiro atoms. The number of pyridine rings is 1. The van der Waals surface area contributed by atoms with Crippen LogP contribution >= 0.6 is 0 Å². The number of nitrogens with one attached hydrogen (secondary N) is 2. The zero-order valence-electron chi connectivity index (χ0n) is 11.9. The molecule has 0 atom stereocenters. The Hall–Kier alpha value is -1.92. The third-order valence-corrected chi connectivity index (χ3v) is 4.27. The van der Waals surface area contributed by atoms with Gasteiger partial charge in [-0.05, 0) is 42.8 Å². The fourth-order valence-electron chi connectivity index (χ4n) is 1.82. The van der Waals surface area contributed by atoms with E-state index in [1.54, 1.807) is 18.2 Å². The predicted octanol–water partition coefficient (Wildman–Crippen LogP) is 2.38. The lowest BCUT2D eigenvalue weighted by Crippen LogP contribution is -2.14. The Bertz CT molecular complexity index is 655. The van der Waals surface area contributed by atoms with Crippen molar-refractivity contribution in [2.45, 2.75) is 24.8 Å². The van der Waals surface area contributed by atoms with Crippen LogP contribution in [0.15, 0.2) is 53.7 Å². The molecule has 5 nitrogen and oxygen atoms in total. The van der Waals surface area contributed by atoms with Crippen molar-refractivity contribution in [2.75, 3.05) is 11.3 Å². The van der Waals surface area contributed by atoms with Gasteiger partial charge in [0.15, 0.2) is 0 Å². The van der Waals surface area contributed by atoms with Gasteiger partial charge in [0.25, 0.3) is 10.0 Å². The largest absolute Gasteiger partial charge is 0.313 e. The van der Waals surface area contributed by atoms with Gasteiger partial charge in [-0.2, -0.15) is 0 Å². The number of hydrogen-bond acceptors (Lipinski definition) is 4. The Balaban J connectivity index is 2.03. The lowest BCUT2D eigenvalue weighted by molar-refractivity contribution is 0.601. The van der Waals surface area contributed by atoms with Crippen LogP contribution in [-0.2, 0) is 16.6 Å². The van der Waals surface area contributed by atoms with Crippen molar-refractivity contribution in [3.63, 3.8) is 0 Å². The number of hydrogen-bond donors (Lipinski definition) is 2. The van der Waals surface area contributed by atoms with Crippen molar-refractivity contribution >= 4 is 15.7 Å². The fourth-order valence-corrected chi connectivity index (χ4v) is 2.84. The van der Waals surface area contributed by atoms with Crippen LogP contribution in [0.4, 0.5) is 5.69 Å². The van der Waals surface area contributed by atoms with Gasteiger partial charge in [-0.15, -0.1) is 0 Å². The summed E-state index contributed by atoms with van der Waals surface area (Å²) in [4.78, 5) is 3.97. The zero-order valence-corrected chi connectivity index (χ0v) is 12.7. The quantitative estimate of drug-likeness (QED) is 0.771. The summed E-state index contributed by atoms with van der Waals surface area (Å²) < 4.78 is 26.8. The molecule has 6 heteroatoms. The van der Waals surface area contributed by atoms with E-state index in [-0.39, 0.29) is 4.90 Å². The lowest BCUT2D eigenvalue weighted by atomic mass is 10.2. The lowest BCUT2D eigenvalue weighted by Gasteiger charge is -2.09. The van der Waals surface area contributed by atoms with Crippen LogP contribution in [0, 0.1) is 0 Å². The molecule has 112 valence electrons. The van der Waals surface area contributed by atoms with E-state index in [9.17, 15) is 8.42 Å². The third kappa shape index (κ3) is 4.54. The molecule has 0 amide bonds. The van der Waals surface area contributed by atoms with Gasteiger partial charge < -0.3 is 5.32 Å². The van der Waals surface area contributed by atoms with Crippen LogP contribution in [-0.4, -0.2) is 19.9 Å². The minimum Gasteiger partial charge on any atom is -0.313 e. The molecule has 0 aliphatic carbocycles. The highest BCUT2D eigenvalue weighted by molar-refractivity contribution is 7.92. The Morgan fingerprint density at radius 2 is 1.90 bits per heavy atom. The smallest absolute Gasteiger partial charge is 0.263 e. The van der Waals surface area contributed by atoms with Crippen molar-refractivity contribution in [1.29, 1.82) is 0 Å². The molecule has 1 aromatic carbocycles. The van der Waals surface area contributed by atoms with E-state index in [2.05, 4.69) is 21.9 Å². The van der Waals surface area contributed by atoms with Crippen LogP contribution in [0.3, 0.4) is 0 Å². The molecule has 0 aliphatic rings. The summed E-state index contributed by atoms with van der Waals surface area (Å²) >= 11 is 0. The van der Waals surface area contributed by atoms with Crippen LogP contribution < -0.4 is 10.0 Å². The molecule has 1 heterocycles. The molecule has 0 saturated carbocycles. The molecular weight excluding hydrogens is 286 g/mol. The summed E-state index contributed by atoms with van der Waals surface area (Å²) in [6.45, 7) is 3.86. The second-order valence-electron chi connectivity index (χ2n) is 4.67. The van der Waals surface area contributed by atoms with E-state index in [1.807, 2.05) is 12.1 Å². The minimum absolute atomic E-state index is 0.152. The third-order valence-electron chi connectivity index (χ3n) is 2.91. The number of sulfonamides is 1. The highest BCUT2D eigenvalue weighted by Crippen LogP contribution is 2.15. The van der Waals surface area contributed by atoms with E-state index in [4.69, 9.17) is 0 Å². The number of nitrogens with zero attached hydrogens (tertiary/aromatic N) is 1. The molecule has 21 heavy (non-hydrogen) atoms. The maximum absolute atomic E-state index is 12.1. The van der Waals surface area contributed by atoms with Crippen molar-refractivity contribution in [3.8, 4) is 0 Å². The van der Waals surface area contributed by atoms with Gasteiger partial charge in [-0.3, -0.25) is 9.71 Å². The molecule has 0 fully saturated rings. The Labute approximate surface area is 125 Å². The average molecular weight is 305 g/mol. The summed E-state index contributed by atoms with van der Waals surface area (Å²) in [7, 11) is -3.58. The maximum Gasteiger partial charge on any atom is 0.263 e. The van der Waals surface area contributed by atoms with E-state index in [0.717, 1.165) is 25.1 Å². The molecule has 0 bridgehead atoms. The second kappa shape index (κ2) is 7.19. The minimum atomic E-state index is -3.58. The van der Waals surface area contributed by atoms with Gasteiger partial charge in [0, 0.05) is 24.6 Å². The van der Waals surface area contributed by atoms with Crippen LogP contribution in [0.25, 0.3) is 0 Å². The first-order chi connectivity index (χ1) is 10.1.